The first kappa shape index (κ1) is 10.9. The van der Waals surface area contributed by atoms with E-state index in [1.54, 1.807) is 0 Å². The zero-order chi connectivity index (χ0) is 10.7. The number of nitrogens with two attached hydrogens (primary N) is 1. The lowest BCUT2D eigenvalue weighted by Gasteiger charge is -2.10. The molecule has 3 nitrogen and oxygen atoms in total. The molecule has 6 heteroatoms. The summed E-state index contributed by atoms with van der Waals surface area (Å²) in [5, 5.41) is 8.74. The van der Waals surface area contributed by atoms with Crippen LogP contribution in [-0.2, 0) is 13.2 Å². The molecule has 0 bridgehead atoms. The molecule has 78 valence electrons. The zero-order valence-corrected chi connectivity index (χ0v) is 7.17. The lowest BCUT2D eigenvalue weighted by atomic mass is 10.1. The molecule has 3 N–H and O–H groups in total. The molecule has 1 rings (SSSR count). The van der Waals surface area contributed by atoms with Crippen molar-refractivity contribution in [2.24, 2.45) is 5.73 Å². The van der Waals surface area contributed by atoms with Gasteiger partial charge in [0, 0.05) is 12.1 Å². The molecule has 1 heterocycles. The second-order valence-electron chi connectivity index (χ2n) is 2.63. The van der Waals surface area contributed by atoms with Crippen molar-refractivity contribution < 1.29 is 18.3 Å². The van der Waals surface area contributed by atoms with Crippen LogP contribution in [0.1, 0.15) is 23.2 Å². The number of hydrogen-bond acceptors (Lipinski definition) is 3. The maximum absolute atomic E-state index is 12.7. The fourth-order valence-electron chi connectivity index (χ4n) is 1.18. The summed E-state index contributed by atoms with van der Waals surface area (Å²) >= 11 is 0. The van der Waals surface area contributed by atoms with Crippen molar-refractivity contribution >= 4 is 0 Å². The molecule has 0 fully saturated rings. The number of rotatable bonds is 3. The molecule has 0 aliphatic heterocycles. The average molecular weight is 206 g/mol. The van der Waals surface area contributed by atoms with Crippen LogP contribution in [0.2, 0.25) is 0 Å². The average Bonchev–Trinajstić information content (AvgIpc) is 2.15. The van der Waals surface area contributed by atoms with Crippen LogP contribution >= 0.6 is 0 Å². The standard InChI is InChI=1S/C8H9F3N2O/c9-6-1-4(3-14)7(8(10)11)5(2-12)13-6/h1,8,14H,2-3,12H2. The van der Waals surface area contributed by atoms with Crippen LogP contribution in [0, 0.1) is 5.95 Å². The fraction of sp³-hybridized carbons (Fsp3) is 0.375. The van der Waals surface area contributed by atoms with Crippen molar-refractivity contribution in [3.8, 4) is 0 Å². The van der Waals surface area contributed by atoms with Crippen molar-refractivity contribution in [3.63, 3.8) is 0 Å². The summed E-state index contributed by atoms with van der Waals surface area (Å²) in [4.78, 5) is 3.24. The lowest BCUT2D eigenvalue weighted by molar-refractivity contribution is 0.145. The van der Waals surface area contributed by atoms with Gasteiger partial charge < -0.3 is 10.8 Å². The Morgan fingerprint density at radius 3 is 2.57 bits per heavy atom. The van der Waals surface area contributed by atoms with Gasteiger partial charge in [-0.1, -0.05) is 0 Å². The Morgan fingerprint density at radius 2 is 2.14 bits per heavy atom. The number of aliphatic hydroxyl groups excluding tert-OH is 1. The van der Waals surface area contributed by atoms with Gasteiger partial charge in [-0.15, -0.1) is 0 Å². The van der Waals surface area contributed by atoms with E-state index >= 15 is 0 Å². The second kappa shape index (κ2) is 4.39. The van der Waals surface area contributed by atoms with Crippen molar-refractivity contribution in [3.05, 3.63) is 28.8 Å². The van der Waals surface area contributed by atoms with Crippen molar-refractivity contribution in [2.45, 2.75) is 19.6 Å². The highest BCUT2D eigenvalue weighted by atomic mass is 19.3. The second-order valence-corrected chi connectivity index (χ2v) is 2.63. The number of aromatic nitrogens is 1. The maximum Gasteiger partial charge on any atom is 0.266 e. The van der Waals surface area contributed by atoms with Crippen LogP contribution < -0.4 is 5.73 Å². The van der Waals surface area contributed by atoms with Crippen LogP contribution in [0.25, 0.3) is 0 Å². The van der Waals surface area contributed by atoms with Crippen molar-refractivity contribution in [1.29, 1.82) is 0 Å². The van der Waals surface area contributed by atoms with Crippen LogP contribution in [-0.4, -0.2) is 10.1 Å². The highest BCUT2D eigenvalue weighted by molar-refractivity contribution is 5.31. The molecule has 0 saturated heterocycles. The molecule has 0 saturated carbocycles. The predicted molar refractivity (Wildman–Crippen MR) is 43.0 cm³/mol. The molecular formula is C8H9F3N2O. The van der Waals surface area contributed by atoms with E-state index in [0.29, 0.717) is 0 Å². The largest absolute Gasteiger partial charge is 0.392 e. The van der Waals surface area contributed by atoms with Gasteiger partial charge in [-0.2, -0.15) is 4.39 Å². The molecule has 0 unspecified atom stereocenters. The quantitative estimate of drug-likeness (QED) is 0.728. The molecule has 0 amide bonds. The highest BCUT2D eigenvalue weighted by Crippen LogP contribution is 2.26. The summed E-state index contributed by atoms with van der Waals surface area (Å²) in [7, 11) is 0. The summed E-state index contributed by atoms with van der Waals surface area (Å²) in [6, 6.07) is 0.778. The van der Waals surface area contributed by atoms with Gasteiger partial charge in [0.1, 0.15) is 0 Å². The molecule has 1 aromatic rings. The Balaban J connectivity index is 3.33. The fourth-order valence-corrected chi connectivity index (χ4v) is 1.18. The van der Waals surface area contributed by atoms with Crippen molar-refractivity contribution in [2.75, 3.05) is 0 Å². The summed E-state index contributed by atoms with van der Waals surface area (Å²) in [6.07, 6.45) is -2.82. The van der Waals surface area contributed by atoms with E-state index < -0.39 is 24.5 Å². The lowest BCUT2D eigenvalue weighted by Crippen LogP contribution is -2.10. The van der Waals surface area contributed by atoms with E-state index in [1.165, 1.54) is 0 Å². The first-order chi connectivity index (χ1) is 6.60. The van der Waals surface area contributed by atoms with Gasteiger partial charge in [-0.05, 0) is 11.6 Å². The van der Waals surface area contributed by atoms with Gasteiger partial charge in [0.15, 0.2) is 0 Å². The summed E-state index contributed by atoms with van der Waals surface area (Å²) < 4.78 is 37.7. The number of alkyl halides is 2. The number of pyridine rings is 1. The Labute approximate surface area is 78.4 Å². The Bertz CT molecular complexity index is 305. The minimum absolute atomic E-state index is 0.173. The minimum Gasteiger partial charge on any atom is -0.392 e. The van der Waals surface area contributed by atoms with E-state index in [-0.39, 0.29) is 17.8 Å². The van der Waals surface area contributed by atoms with Crippen LogP contribution in [0.15, 0.2) is 6.07 Å². The van der Waals surface area contributed by atoms with Gasteiger partial charge in [0.05, 0.1) is 12.3 Å². The van der Waals surface area contributed by atoms with E-state index in [0.717, 1.165) is 6.07 Å². The summed E-state index contributed by atoms with van der Waals surface area (Å²) in [5.41, 5.74) is 4.27. The number of hydrogen-bond donors (Lipinski definition) is 2. The third-order valence-electron chi connectivity index (χ3n) is 1.77. The molecule has 1 aromatic heterocycles. The number of aliphatic hydroxyl groups is 1. The van der Waals surface area contributed by atoms with Gasteiger partial charge >= 0.3 is 0 Å². The number of nitrogens with zero attached hydrogens (tertiary/aromatic N) is 1. The molecule has 0 atom stereocenters. The maximum atomic E-state index is 12.7. The smallest absolute Gasteiger partial charge is 0.266 e. The first-order valence-electron chi connectivity index (χ1n) is 3.87. The molecule has 14 heavy (non-hydrogen) atoms. The molecule has 0 aromatic carbocycles. The van der Waals surface area contributed by atoms with Gasteiger partial charge in [0.2, 0.25) is 5.95 Å². The van der Waals surface area contributed by atoms with Crippen LogP contribution in [0.4, 0.5) is 13.2 Å². The molecule has 0 aliphatic rings. The third-order valence-corrected chi connectivity index (χ3v) is 1.77. The Morgan fingerprint density at radius 1 is 1.50 bits per heavy atom. The third kappa shape index (κ3) is 2.02. The van der Waals surface area contributed by atoms with Crippen LogP contribution in [0.3, 0.4) is 0 Å². The zero-order valence-electron chi connectivity index (χ0n) is 7.17. The summed E-state index contributed by atoms with van der Waals surface area (Å²) in [6.45, 7) is -0.948. The number of halogens is 3. The molecule has 0 spiro atoms. The molecule has 0 radical (unpaired) electrons. The normalized spacial score (nSPS) is 11.0. The minimum atomic E-state index is -2.82. The van der Waals surface area contributed by atoms with Crippen molar-refractivity contribution in [1.82, 2.24) is 4.98 Å². The summed E-state index contributed by atoms with van der Waals surface area (Å²) in [5.74, 6) is -0.918. The van der Waals surface area contributed by atoms with Gasteiger partial charge in [-0.25, -0.2) is 13.8 Å². The Kier molecular flexibility index (Phi) is 3.43. The Hall–Kier alpha value is -1.14. The first-order valence-corrected chi connectivity index (χ1v) is 3.87. The van der Waals surface area contributed by atoms with E-state index in [9.17, 15) is 13.2 Å². The van der Waals surface area contributed by atoms with Crippen LogP contribution in [0.5, 0.6) is 0 Å². The van der Waals surface area contributed by atoms with E-state index in [1.807, 2.05) is 0 Å². The topological polar surface area (TPSA) is 59.1 Å². The highest BCUT2D eigenvalue weighted by Gasteiger charge is 2.19. The van der Waals surface area contributed by atoms with Gasteiger partial charge in [0.25, 0.3) is 6.43 Å². The van der Waals surface area contributed by atoms with Gasteiger partial charge in [-0.3, -0.25) is 0 Å². The molecular weight excluding hydrogens is 197 g/mol. The van der Waals surface area contributed by atoms with E-state index in [4.69, 9.17) is 10.8 Å². The molecule has 0 aliphatic carbocycles. The van der Waals surface area contributed by atoms with E-state index in [2.05, 4.69) is 4.98 Å². The SMILES string of the molecule is NCc1nc(F)cc(CO)c1C(F)F. The monoisotopic (exact) mass is 206 g/mol. The predicted octanol–water partition coefficient (Wildman–Crippen LogP) is 1.11.